The van der Waals surface area contributed by atoms with Crippen LogP contribution in [-0.2, 0) is 11.2 Å². The molecule has 0 bridgehead atoms. The maximum atomic E-state index is 12.0. The van der Waals surface area contributed by atoms with Gasteiger partial charge in [-0.3, -0.25) is 0 Å². The lowest BCUT2D eigenvalue weighted by Crippen LogP contribution is -2.39. The van der Waals surface area contributed by atoms with Gasteiger partial charge >= 0.3 is 5.97 Å². The highest BCUT2D eigenvalue weighted by molar-refractivity contribution is 5.93. The van der Waals surface area contributed by atoms with Gasteiger partial charge in [0.2, 0.25) is 0 Å². The Morgan fingerprint density at radius 2 is 1.93 bits per heavy atom. The second kappa shape index (κ2) is 7.73. The third-order valence-electron chi connectivity index (χ3n) is 5.97. The van der Waals surface area contributed by atoms with Gasteiger partial charge in [0.1, 0.15) is 11.9 Å². The van der Waals surface area contributed by atoms with Crippen molar-refractivity contribution in [2.24, 2.45) is 0 Å². The molecule has 0 saturated heterocycles. The van der Waals surface area contributed by atoms with Gasteiger partial charge in [-0.1, -0.05) is 43.7 Å². The Hall–Kier alpha value is -2.33. The number of esters is 1. The number of rotatable bonds is 6. The van der Waals surface area contributed by atoms with Gasteiger partial charge in [-0.25, -0.2) is 4.79 Å². The number of benzene rings is 2. The molecule has 1 aliphatic carbocycles. The first-order valence-electron chi connectivity index (χ1n) is 10.0. The Kier molecular flexibility index (Phi) is 5.17. The van der Waals surface area contributed by atoms with Crippen LogP contribution >= 0.6 is 0 Å². The van der Waals surface area contributed by atoms with E-state index in [1.165, 1.54) is 5.56 Å². The van der Waals surface area contributed by atoms with Crippen molar-refractivity contribution >= 4 is 5.97 Å². The number of carbonyl (C=O) groups excluding carboxylic acids is 1. The Labute approximate surface area is 160 Å². The molecule has 4 nitrogen and oxygen atoms in total. The minimum Gasteiger partial charge on any atom is -0.508 e. The van der Waals surface area contributed by atoms with Crippen LogP contribution in [0.4, 0.5) is 0 Å². The molecule has 142 valence electrons. The summed E-state index contributed by atoms with van der Waals surface area (Å²) in [7, 11) is 0. The molecular formula is C23H27NO3. The molecule has 1 aliphatic heterocycles. The number of ether oxygens (including phenoxy) is 1. The smallest absolute Gasteiger partial charge is 0.339 e. The van der Waals surface area contributed by atoms with E-state index in [-0.39, 0.29) is 12.1 Å². The predicted molar refractivity (Wildman–Crippen MR) is 105 cm³/mol. The molecule has 4 heteroatoms. The first-order chi connectivity index (χ1) is 13.2. The van der Waals surface area contributed by atoms with Crippen LogP contribution < -0.4 is 5.32 Å². The summed E-state index contributed by atoms with van der Waals surface area (Å²) in [6.07, 6.45) is 4.79. The number of hydrogen-bond donors (Lipinski definition) is 2. The van der Waals surface area contributed by atoms with Crippen LogP contribution in [0.5, 0.6) is 5.75 Å². The molecule has 2 N–H and O–H groups in total. The molecule has 4 rings (SSSR count). The first kappa shape index (κ1) is 18.1. The molecule has 3 atom stereocenters. The van der Waals surface area contributed by atoms with Crippen LogP contribution in [0.2, 0.25) is 0 Å². The first-order valence-corrected chi connectivity index (χ1v) is 10.0. The van der Waals surface area contributed by atoms with Crippen molar-refractivity contribution in [1.29, 1.82) is 0 Å². The topological polar surface area (TPSA) is 58.6 Å². The fraction of sp³-hybridized carbons (Fsp3) is 0.435. The van der Waals surface area contributed by atoms with Crippen molar-refractivity contribution in [3.05, 3.63) is 64.7 Å². The molecule has 0 aromatic heterocycles. The molecule has 3 unspecified atom stereocenters. The van der Waals surface area contributed by atoms with Gasteiger partial charge in [0.25, 0.3) is 0 Å². The highest BCUT2D eigenvalue weighted by Gasteiger charge is 2.32. The summed E-state index contributed by atoms with van der Waals surface area (Å²) in [4.78, 5) is 12.0. The van der Waals surface area contributed by atoms with Crippen molar-refractivity contribution < 1.29 is 14.6 Å². The average Bonchev–Trinajstić information content (AvgIpc) is 3.00. The summed E-state index contributed by atoms with van der Waals surface area (Å²) in [5.74, 6) is 0.646. The van der Waals surface area contributed by atoms with Crippen LogP contribution in [0, 0.1) is 0 Å². The van der Waals surface area contributed by atoms with Crippen LogP contribution in [0.3, 0.4) is 0 Å². The van der Waals surface area contributed by atoms with Crippen LogP contribution in [0.25, 0.3) is 0 Å². The van der Waals surface area contributed by atoms with Gasteiger partial charge in [-0.05, 0) is 55.0 Å². The van der Waals surface area contributed by atoms with E-state index in [4.69, 9.17) is 4.74 Å². The van der Waals surface area contributed by atoms with Gasteiger partial charge in [-0.15, -0.1) is 0 Å². The van der Waals surface area contributed by atoms with Crippen LogP contribution in [-0.4, -0.2) is 23.7 Å². The van der Waals surface area contributed by atoms with E-state index in [2.05, 4.69) is 18.3 Å². The Morgan fingerprint density at radius 1 is 1.11 bits per heavy atom. The lowest BCUT2D eigenvalue weighted by molar-refractivity contribution is 0.0367. The zero-order valence-corrected chi connectivity index (χ0v) is 15.8. The monoisotopic (exact) mass is 365 g/mol. The third kappa shape index (κ3) is 3.46. The molecule has 0 spiro atoms. The van der Waals surface area contributed by atoms with E-state index in [0.29, 0.717) is 23.3 Å². The van der Waals surface area contributed by atoms with E-state index in [1.807, 2.05) is 30.3 Å². The molecule has 0 radical (unpaired) electrons. The number of phenols is 1. The molecule has 0 fully saturated rings. The fourth-order valence-corrected chi connectivity index (χ4v) is 4.68. The van der Waals surface area contributed by atoms with E-state index >= 15 is 0 Å². The standard InChI is InChI=1S/C23H27NO3/c1-2-6-16-15-9-5-10-21(25)17(15)11-12-20(16)24-14-13-22-18-7-3-4-8-19(18)23(26)27-22/h3-5,7-10,16,20,22,24-25H,2,6,11-14H2,1H3. The summed E-state index contributed by atoms with van der Waals surface area (Å²) >= 11 is 0. The molecule has 2 aliphatic rings. The van der Waals surface area contributed by atoms with E-state index in [9.17, 15) is 9.90 Å². The van der Waals surface area contributed by atoms with Crippen molar-refractivity contribution in [3.8, 4) is 5.75 Å². The van der Waals surface area contributed by atoms with Crippen molar-refractivity contribution in [3.63, 3.8) is 0 Å². The van der Waals surface area contributed by atoms with Crippen LogP contribution in [0.1, 0.15) is 71.7 Å². The SMILES string of the molecule is CCCC1c2cccc(O)c2CCC1NCCC1OC(=O)c2ccccc21. The summed E-state index contributed by atoms with van der Waals surface area (Å²) in [6.45, 7) is 3.02. The Morgan fingerprint density at radius 3 is 2.78 bits per heavy atom. The van der Waals surface area contributed by atoms with Crippen LogP contribution in [0.15, 0.2) is 42.5 Å². The van der Waals surface area contributed by atoms with Gasteiger partial charge in [0, 0.05) is 18.0 Å². The summed E-state index contributed by atoms with van der Waals surface area (Å²) in [5.41, 5.74) is 4.12. The summed E-state index contributed by atoms with van der Waals surface area (Å²) in [5, 5.41) is 13.9. The van der Waals surface area contributed by atoms with Crippen molar-refractivity contribution in [2.45, 2.75) is 57.1 Å². The largest absolute Gasteiger partial charge is 0.508 e. The van der Waals surface area contributed by atoms with E-state index in [0.717, 1.165) is 49.8 Å². The van der Waals surface area contributed by atoms with Gasteiger partial charge in [-0.2, -0.15) is 0 Å². The number of phenolic OH excluding ortho intramolecular Hbond substituents is 1. The quantitative estimate of drug-likeness (QED) is 0.741. The van der Waals surface area contributed by atoms with Gasteiger partial charge < -0.3 is 15.2 Å². The third-order valence-corrected chi connectivity index (χ3v) is 5.97. The van der Waals surface area contributed by atoms with E-state index in [1.54, 1.807) is 6.07 Å². The molecular weight excluding hydrogens is 338 g/mol. The molecule has 2 aromatic rings. The minimum atomic E-state index is -0.207. The number of carbonyl (C=O) groups is 1. The number of cyclic esters (lactones) is 1. The van der Waals surface area contributed by atoms with Crippen molar-refractivity contribution in [2.75, 3.05) is 6.54 Å². The second-order valence-corrected chi connectivity index (χ2v) is 7.61. The van der Waals surface area contributed by atoms with Gasteiger partial charge in [0.15, 0.2) is 0 Å². The van der Waals surface area contributed by atoms with E-state index < -0.39 is 0 Å². The Bertz CT molecular complexity index is 832. The molecule has 1 heterocycles. The lowest BCUT2D eigenvalue weighted by Gasteiger charge is -2.35. The average molecular weight is 365 g/mol. The maximum Gasteiger partial charge on any atom is 0.339 e. The van der Waals surface area contributed by atoms with Crippen molar-refractivity contribution in [1.82, 2.24) is 5.32 Å². The molecule has 2 aromatic carbocycles. The number of nitrogens with one attached hydrogen (secondary N) is 1. The lowest BCUT2D eigenvalue weighted by atomic mass is 9.76. The zero-order chi connectivity index (χ0) is 18.8. The highest BCUT2D eigenvalue weighted by atomic mass is 16.5. The number of aromatic hydroxyl groups is 1. The summed E-state index contributed by atoms with van der Waals surface area (Å²) < 4.78 is 5.56. The normalized spacial score (nSPS) is 23.6. The molecule has 0 saturated carbocycles. The molecule has 0 amide bonds. The number of fused-ring (bicyclic) bond motifs is 2. The molecule has 27 heavy (non-hydrogen) atoms. The maximum absolute atomic E-state index is 12.0. The minimum absolute atomic E-state index is 0.147. The Balaban J connectivity index is 1.42. The summed E-state index contributed by atoms with van der Waals surface area (Å²) in [6, 6.07) is 14.0. The number of hydrogen-bond acceptors (Lipinski definition) is 4. The van der Waals surface area contributed by atoms with Gasteiger partial charge in [0.05, 0.1) is 5.56 Å². The predicted octanol–water partition coefficient (Wildman–Crippen LogP) is 4.48. The highest BCUT2D eigenvalue weighted by Crippen LogP contribution is 2.39. The fourth-order valence-electron chi connectivity index (χ4n) is 4.68. The zero-order valence-electron chi connectivity index (χ0n) is 15.8. The second-order valence-electron chi connectivity index (χ2n) is 7.61.